The lowest BCUT2D eigenvalue weighted by molar-refractivity contribution is -0.132. The van der Waals surface area contributed by atoms with Gasteiger partial charge in [-0.25, -0.2) is 0 Å². The number of hydrogen-bond acceptors (Lipinski definition) is 6. The molecular formula is C23H26N4O3S. The number of thioether (sulfide) groups is 1. The highest BCUT2D eigenvalue weighted by molar-refractivity contribution is 7.99. The number of para-hydroxylation sites is 1. The molecule has 3 rings (SSSR count). The molecule has 1 aromatic heterocycles. The Balaban J connectivity index is 1.57. The number of rotatable bonds is 9. The molecule has 2 aromatic carbocycles. The smallest absolute Gasteiger partial charge is 0.277 e. The third-order valence-electron chi connectivity index (χ3n) is 4.70. The lowest BCUT2D eigenvalue weighted by Gasteiger charge is -2.21. The lowest BCUT2D eigenvalue weighted by Crippen LogP contribution is -2.39. The number of amides is 2. The van der Waals surface area contributed by atoms with Crippen molar-refractivity contribution in [2.75, 3.05) is 24.2 Å². The quantitative estimate of drug-likeness (QED) is 0.501. The molecule has 0 aliphatic carbocycles. The zero-order valence-corrected chi connectivity index (χ0v) is 18.7. The van der Waals surface area contributed by atoms with Crippen molar-refractivity contribution in [3.05, 3.63) is 59.7 Å². The number of aromatic nitrogens is 2. The number of aryl methyl sites for hydroxylation is 2. The summed E-state index contributed by atoms with van der Waals surface area (Å²) in [5.74, 6) is 0.173. The monoisotopic (exact) mass is 438 g/mol. The van der Waals surface area contributed by atoms with Crippen LogP contribution in [0.4, 0.5) is 5.69 Å². The van der Waals surface area contributed by atoms with Crippen molar-refractivity contribution in [2.45, 2.75) is 32.4 Å². The molecule has 7 nitrogen and oxygen atoms in total. The molecule has 2 amide bonds. The number of carbonyl (C=O) groups excluding carboxylic acids is 2. The number of nitrogens with zero attached hydrogens (tertiary/aromatic N) is 3. The molecule has 0 bridgehead atoms. The number of nitrogens with one attached hydrogen (secondary N) is 1. The highest BCUT2D eigenvalue weighted by atomic mass is 32.2. The van der Waals surface area contributed by atoms with Crippen molar-refractivity contribution in [1.82, 2.24) is 15.1 Å². The van der Waals surface area contributed by atoms with Crippen molar-refractivity contribution in [3.63, 3.8) is 0 Å². The van der Waals surface area contributed by atoms with E-state index in [0.29, 0.717) is 17.7 Å². The zero-order valence-electron chi connectivity index (χ0n) is 17.9. The molecule has 162 valence electrons. The second-order valence-corrected chi connectivity index (χ2v) is 8.08. The third-order valence-corrected chi connectivity index (χ3v) is 5.50. The molecule has 0 saturated carbocycles. The fraction of sp³-hybridized carbons (Fsp3) is 0.304. The maximum atomic E-state index is 12.7. The Morgan fingerprint density at radius 1 is 1.03 bits per heavy atom. The van der Waals surface area contributed by atoms with Crippen LogP contribution in [0, 0.1) is 13.8 Å². The molecule has 0 saturated heterocycles. The topological polar surface area (TPSA) is 88.3 Å². The maximum Gasteiger partial charge on any atom is 0.277 e. The van der Waals surface area contributed by atoms with E-state index in [2.05, 4.69) is 15.5 Å². The molecule has 0 radical (unpaired) electrons. The minimum atomic E-state index is -0.222. The molecule has 8 heteroatoms. The minimum absolute atomic E-state index is 0.000138. The van der Waals surface area contributed by atoms with Gasteiger partial charge in [-0.1, -0.05) is 55.1 Å². The Kier molecular flexibility index (Phi) is 7.83. The Bertz CT molecular complexity index is 1050. The van der Waals surface area contributed by atoms with E-state index in [4.69, 9.17) is 4.42 Å². The van der Waals surface area contributed by atoms with E-state index in [1.54, 1.807) is 4.90 Å². The van der Waals surface area contributed by atoms with Gasteiger partial charge >= 0.3 is 0 Å². The van der Waals surface area contributed by atoms with Crippen LogP contribution in [0.25, 0.3) is 11.5 Å². The summed E-state index contributed by atoms with van der Waals surface area (Å²) in [6.45, 7) is 6.37. The molecule has 1 N–H and O–H groups in total. The van der Waals surface area contributed by atoms with Gasteiger partial charge in [0.1, 0.15) is 0 Å². The zero-order chi connectivity index (χ0) is 22.2. The van der Waals surface area contributed by atoms with Gasteiger partial charge in [-0.15, -0.1) is 10.2 Å². The summed E-state index contributed by atoms with van der Waals surface area (Å²) < 4.78 is 5.70. The largest absolute Gasteiger partial charge is 0.411 e. The molecule has 0 spiro atoms. The van der Waals surface area contributed by atoms with Gasteiger partial charge in [-0.2, -0.15) is 0 Å². The predicted molar refractivity (Wildman–Crippen MR) is 122 cm³/mol. The second kappa shape index (κ2) is 10.8. The number of anilines is 1. The van der Waals surface area contributed by atoms with Crippen molar-refractivity contribution >= 4 is 29.3 Å². The fourth-order valence-corrected chi connectivity index (χ4v) is 3.71. The van der Waals surface area contributed by atoms with Crippen LogP contribution in [0.2, 0.25) is 0 Å². The van der Waals surface area contributed by atoms with E-state index in [9.17, 15) is 9.59 Å². The van der Waals surface area contributed by atoms with E-state index < -0.39 is 0 Å². The van der Waals surface area contributed by atoms with E-state index in [0.717, 1.165) is 28.8 Å². The molecule has 3 aromatic rings. The molecule has 0 fully saturated rings. The van der Waals surface area contributed by atoms with Gasteiger partial charge in [0.2, 0.25) is 17.7 Å². The van der Waals surface area contributed by atoms with Crippen molar-refractivity contribution in [3.8, 4) is 11.5 Å². The molecule has 31 heavy (non-hydrogen) atoms. The van der Waals surface area contributed by atoms with E-state index in [-0.39, 0.29) is 24.1 Å². The highest BCUT2D eigenvalue weighted by Crippen LogP contribution is 2.25. The SMILES string of the molecule is CCCN(CC(=O)Nc1ccccc1C)C(=O)CSc1nnc(-c2ccccc2C)o1. The Morgan fingerprint density at radius 3 is 2.45 bits per heavy atom. The molecule has 0 unspecified atom stereocenters. The van der Waals surface area contributed by atoms with Crippen molar-refractivity contribution < 1.29 is 14.0 Å². The third kappa shape index (κ3) is 6.18. The molecule has 0 aliphatic rings. The fourth-order valence-electron chi connectivity index (χ4n) is 3.04. The molecule has 0 atom stereocenters. The molecule has 1 heterocycles. The Morgan fingerprint density at radius 2 is 1.74 bits per heavy atom. The summed E-state index contributed by atoms with van der Waals surface area (Å²) >= 11 is 1.17. The van der Waals surface area contributed by atoms with Crippen LogP contribution in [0.5, 0.6) is 0 Å². The van der Waals surface area contributed by atoms with Gasteiger partial charge in [-0.3, -0.25) is 9.59 Å². The average Bonchev–Trinajstić information content (AvgIpc) is 3.22. The van der Waals surface area contributed by atoms with Crippen LogP contribution in [-0.2, 0) is 9.59 Å². The Hall–Kier alpha value is -3.13. The first-order chi connectivity index (χ1) is 15.0. The molecular weight excluding hydrogens is 412 g/mol. The van der Waals surface area contributed by atoms with Gasteiger partial charge < -0.3 is 14.6 Å². The lowest BCUT2D eigenvalue weighted by atomic mass is 10.1. The van der Waals surface area contributed by atoms with Crippen LogP contribution >= 0.6 is 11.8 Å². The standard InChI is InChI=1S/C23H26N4O3S/c1-4-13-27(14-20(28)24-19-12-8-6-10-17(19)3)21(29)15-31-23-26-25-22(30-23)18-11-7-5-9-16(18)2/h5-12H,4,13-15H2,1-3H3,(H,24,28). The summed E-state index contributed by atoms with van der Waals surface area (Å²) in [6, 6.07) is 15.3. The average molecular weight is 439 g/mol. The number of hydrogen-bond donors (Lipinski definition) is 1. The highest BCUT2D eigenvalue weighted by Gasteiger charge is 2.19. The summed E-state index contributed by atoms with van der Waals surface area (Å²) in [7, 11) is 0. The van der Waals surface area contributed by atoms with Crippen LogP contribution in [0.3, 0.4) is 0 Å². The first-order valence-electron chi connectivity index (χ1n) is 10.1. The summed E-state index contributed by atoms with van der Waals surface area (Å²) in [5, 5.41) is 11.3. The number of benzene rings is 2. The summed E-state index contributed by atoms with van der Waals surface area (Å²) in [5.41, 5.74) is 3.63. The maximum absolute atomic E-state index is 12.7. The van der Waals surface area contributed by atoms with E-state index in [1.165, 1.54) is 11.8 Å². The van der Waals surface area contributed by atoms with Gasteiger partial charge in [-0.05, 0) is 43.5 Å². The first kappa shape index (κ1) is 22.6. The van der Waals surface area contributed by atoms with Crippen LogP contribution in [0.15, 0.2) is 58.2 Å². The van der Waals surface area contributed by atoms with Gasteiger partial charge in [0.05, 0.1) is 12.3 Å². The second-order valence-electron chi connectivity index (χ2n) is 7.16. The van der Waals surface area contributed by atoms with Crippen LogP contribution in [-0.4, -0.2) is 45.8 Å². The predicted octanol–water partition coefficient (Wildman–Crippen LogP) is 4.32. The normalized spacial score (nSPS) is 10.7. The van der Waals surface area contributed by atoms with E-state index >= 15 is 0 Å². The van der Waals surface area contributed by atoms with Gasteiger partial charge in [0, 0.05) is 17.8 Å². The Labute approximate surface area is 186 Å². The molecule has 0 aliphatic heterocycles. The van der Waals surface area contributed by atoms with Crippen LogP contribution < -0.4 is 5.32 Å². The van der Waals surface area contributed by atoms with Gasteiger partial charge in [0.25, 0.3) is 5.22 Å². The number of carbonyl (C=O) groups is 2. The van der Waals surface area contributed by atoms with E-state index in [1.807, 2.05) is 69.3 Å². The summed E-state index contributed by atoms with van der Waals surface area (Å²) in [6.07, 6.45) is 0.756. The van der Waals surface area contributed by atoms with Crippen molar-refractivity contribution in [1.29, 1.82) is 0 Å². The minimum Gasteiger partial charge on any atom is -0.411 e. The first-order valence-corrected chi connectivity index (χ1v) is 11.1. The van der Waals surface area contributed by atoms with Gasteiger partial charge in [0.15, 0.2) is 0 Å². The van der Waals surface area contributed by atoms with Crippen LogP contribution in [0.1, 0.15) is 24.5 Å². The van der Waals surface area contributed by atoms with Crippen molar-refractivity contribution in [2.24, 2.45) is 0 Å². The summed E-state index contributed by atoms with van der Waals surface area (Å²) in [4.78, 5) is 26.8.